The first kappa shape index (κ1) is 49.1. The average molecular weight is 797 g/mol. The molecule has 7 N–H and O–H groups in total. The van der Waals surface area contributed by atoms with E-state index >= 15 is 0 Å². The summed E-state index contributed by atoms with van der Waals surface area (Å²) >= 11 is 0. The molecule has 318 valence electrons. The highest BCUT2D eigenvalue weighted by Crippen LogP contribution is 2.26. The van der Waals surface area contributed by atoms with Crippen LogP contribution in [0.5, 0.6) is 0 Å². The zero-order valence-corrected chi connectivity index (χ0v) is 32.6. The zero-order chi connectivity index (χ0) is 41.1. The fraction of sp³-hybridized carbons (Fsp3) is 0.659. The maximum Gasteiger partial charge on any atom is 0.306 e. The third-order valence-electron chi connectivity index (χ3n) is 8.81. The number of hydrogen-bond acceptors (Lipinski definition) is 15. The Balaban J connectivity index is 1.96. The Labute approximate surface area is 330 Å². The molecule has 0 aromatic rings. The lowest BCUT2D eigenvalue weighted by Crippen LogP contribution is -2.61. The second kappa shape index (κ2) is 29.2. The van der Waals surface area contributed by atoms with Crippen LogP contribution in [-0.4, -0.2) is 142 Å². The fourth-order valence-electron chi connectivity index (χ4n) is 5.50. The van der Waals surface area contributed by atoms with Crippen LogP contribution < -0.4 is 0 Å². The van der Waals surface area contributed by atoms with Crippen LogP contribution in [0.4, 0.5) is 0 Å². The number of carbonyl (C=O) groups is 2. The van der Waals surface area contributed by atoms with E-state index in [9.17, 15) is 45.3 Å². The number of aliphatic hydroxyl groups is 7. The summed E-state index contributed by atoms with van der Waals surface area (Å²) in [6, 6.07) is 0. The molecule has 0 aromatic carbocycles. The summed E-state index contributed by atoms with van der Waals surface area (Å²) in [7, 11) is 0. The molecule has 2 fully saturated rings. The topological polar surface area (TPSA) is 231 Å². The van der Waals surface area contributed by atoms with Gasteiger partial charge in [0, 0.05) is 12.8 Å². The van der Waals surface area contributed by atoms with Crippen molar-refractivity contribution in [2.75, 3.05) is 26.4 Å². The Bertz CT molecular complexity index is 1260. The van der Waals surface area contributed by atoms with Gasteiger partial charge in [0.05, 0.1) is 19.8 Å². The lowest BCUT2D eigenvalue weighted by atomic mass is 9.98. The van der Waals surface area contributed by atoms with Crippen molar-refractivity contribution < 1.29 is 73.8 Å². The van der Waals surface area contributed by atoms with E-state index in [1.165, 1.54) is 0 Å². The number of unbranched alkanes of at least 4 members (excludes halogenated alkanes) is 4. The molecule has 15 nitrogen and oxygen atoms in total. The van der Waals surface area contributed by atoms with Gasteiger partial charge in [0.25, 0.3) is 0 Å². The zero-order valence-electron chi connectivity index (χ0n) is 32.6. The van der Waals surface area contributed by atoms with Gasteiger partial charge in [-0.3, -0.25) is 9.59 Å². The van der Waals surface area contributed by atoms with Gasteiger partial charge in [0.15, 0.2) is 18.7 Å². The van der Waals surface area contributed by atoms with Gasteiger partial charge in [0.1, 0.15) is 55.4 Å². The molecule has 2 aliphatic heterocycles. The second-order valence-electron chi connectivity index (χ2n) is 13.5. The molecular weight excluding hydrogens is 732 g/mol. The minimum Gasteiger partial charge on any atom is -0.462 e. The summed E-state index contributed by atoms with van der Waals surface area (Å²) in [6.07, 6.45) is 13.1. The maximum absolute atomic E-state index is 12.8. The van der Waals surface area contributed by atoms with Crippen molar-refractivity contribution in [2.24, 2.45) is 0 Å². The van der Waals surface area contributed by atoms with Gasteiger partial charge < -0.3 is 64.2 Å². The van der Waals surface area contributed by atoms with Crippen LogP contribution in [-0.2, 0) is 38.0 Å². The Morgan fingerprint density at radius 3 is 1.80 bits per heavy atom. The molecule has 0 bridgehead atoms. The van der Waals surface area contributed by atoms with E-state index in [-0.39, 0.29) is 19.4 Å². The Morgan fingerprint density at radius 1 is 0.589 bits per heavy atom. The number of esters is 2. The summed E-state index contributed by atoms with van der Waals surface area (Å²) in [5.74, 6) is -1.09. The van der Waals surface area contributed by atoms with E-state index in [2.05, 4.69) is 19.9 Å². The monoisotopic (exact) mass is 796 g/mol. The molecule has 0 spiro atoms. The normalized spacial score (nSPS) is 29.4. The molecule has 0 amide bonds. The quantitative estimate of drug-likeness (QED) is 0.0288. The summed E-state index contributed by atoms with van der Waals surface area (Å²) in [5.41, 5.74) is 0. The Morgan fingerprint density at radius 2 is 1.16 bits per heavy atom. The molecule has 5 unspecified atom stereocenters. The van der Waals surface area contributed by atoms with Gasteiger partial charge in [-0.05, 0) is 38.5 Å². The maximum atomic E-state index is 12.8. The third-order valence-corrected chi connectivity index (χ3v) is 8.81. The molecule has 2 saturated heterocycles. The first-order chi connectivity index (χ1) is 27.0. The minimum atomic E-state index is -1.78. The van der Waals surface area contributed by atoms with Gasteiger partial charge >= 0.3 is 11.9 Å². The smallest absolute Gasteiger partial charge is 0.306 e. The van der Waals surface area contributed by atoms with E-state index in [0.29, 0.717) is 19.3 Å². The Kier molecular flexibility index (Phi) is 25.6. The molecule has 0 radical (unpaired) electrons. The van der Waals surface area contributed by atoms with Gasteiger partial charge in [-0.25, -0.2) is 0 Å². The van der Waals surface area contributed by atoms with Gasteiger partial charge in [0.2, 0.25) is 0 Å². The molecular formula is C41H64O15. The number of carbonyl (C=O) groups excluding carboxylic acids is 2. The third kappa shape index (κ3) is 18.9. The van der Waals surface area contributed by atoms with Crippen molar-refractivity contribution in [2.45, 2.75) is 146 Å². The number of hydrogen-bond donors (Lipinski definition) is 7. The van der Waals surface area contributed by atoms with Crippen molar-refractivity contribution in [1.29, 1.82) is 0 Å². The molecule has 2 heterocycles. The minimum absolute atomic E-state index is 0.0577. The van der Waals surface area contributed by atoms with Crippen LogP contribution in [0.1, 0.15) is 78.1 Å². The molecule has 0 aliphatic carbocycles. The fourth-order valence-corrected chi connectivity index (χ4v) is 5.50. The predicted molar refractivity (Wildman–Crippen MR) is 206 cm³/mol. The number of rotatable bonds is 26. The lowest BCUT2D eigenvalue weighted by molar-refractivity contribution is -0.332. The summed E-state index contributed by atoms with van der Waals surface area (Å²) in [4.78, 5) is 25.3. The number of aliphatic hydroxyl groups excluding tert-OH is 7. The molecule has 2 aliphatic rings. The highest BCUT2D eigenvalue weighted by molar-refractivity contribution is 5.70. The molecule has 15 heteroatoms. The van der Waals surface area contributed by atoms with Crippen molar-refractivity contribution in [3.63, 3.8) is 0 Å². The second-order valence-corrected chi connectivity index (χ2v) is 13.5. The Hall–Kier alpha value is -3.06. The van der Waals surface area contributed by atoms with Crippen LogP contribution in [0.25, 0.3) is 0 Å². The first-order valence-electron chi connectivity index (χ1n) is 19.6. The highest BCUT2D eigenvalue weighted by atomic mass is 16.7. The first-order valence-corrected chi connectivity index (χ1v) is 19.6. The molecule has 0 aromatic heterocycles. The molecule has 0 saturated carbocycles. The standard InChI is InChI=1S/C41H64O15/c1-3-5-7-9-11-12-13-14-15-16-18-20-22-24-33(44)54-29(26-51-32(43)23-21-19-17-10-8-6-4-2)27-52-40-39(50)37(48)35(46)31(56-40)28-53-41-38(49)36(47)34(45)30(25-42)55-41/h5,7,9,11-19,29-31,34-42,45-50H,3-4,6,8,10,20-28H2,1-2H3/b7-5+,11-9+,13-12+,15-14+,18-16+,19-17+/t29?,30-,31-,34+,35+,36?,37?,38?,39?,40-,41-/m1/s1. The van der Waals surface area contributed by atoms with Crippen LogP contribution in [0.3, 0.4) is 0 Å². The van der Waals surface area contributed by atoms with Crippen molar-refractivity contribution in [1.82, 2.24) is 0 Å². The van der Waals surface area contributed by atoms with Crippen molar-refractivity contribution >= 4 is 11.9 Å². The average Bonchev–Trinajstić information content (AvgIpc) is 3.19. The van der Waals surface area contributed by atoms with E-state index in [1.807, 2.05) is 66.8 Å². The highest BCUT2D eigenvalue weighted by Gasteiger charge is 2.47. The van der Waals surface area contributed by atoms with Crippen molar-refractivity contribution in [3.05, 3.63) is 72.9 Å². The SMILES string of the molecule is CC/C=C/C=C/C=C/C=C/C=C/CCCC(=O)OC(COC(=O)CC/C=C/CCCCC)CO[C@@H]1O[C@H](CO[C@@H]2O[C@H](CO)[C@H](O)C(O)C2O)[C@H](O)C(O)C1O. The van der Waals surface area contributed by atoms with Crippen LogP contribution >= 0.6 is 0 Å². The molecule has 2 rings (SSSR count). The van der Waals surface area contributed by atoms with Crippen LogP contribution in [0.2, 0.25) is 0 Å². The van der Waals surface area contributed by atoms with Gasteiger partial charge in [-0.15, -0.1) is 0 Å². The largest absolute Gasteiger partial charge is 0.462 e. The van der Waals surface area contributed by atoms with E-state index < -0.39 is 99.3 Å². The van der Waals surface area contributed by atoms with Crippen LogP contribution in [0, 0.1) is 0 Å². The predicted octanol–water partition coefficient (Wildman–Crippen LogP) is 2.36. The van der Waals surface area contributed by atoms with Gasteiger partial charge in [-0.1, -0.05) is 99.6 Å². The molecule has 11 atom stereocenters. The van der Waals surface area contributed by atoms with E-state index in [1.54, 1.807) is 0 Å². The van der Waals surface area contributed by atoms with E-state index in [0.717, 1.165) is 32.1 Å². The van der Waals surface area contributed by atoms with Crippen LogP contribution in [0.15, 0.2) is 72.9 Å². The number of allylic oxidation sites excluding steroid dienone is 12. The molecule has 56 heavy (non-hydrogen) atoms. The summed E-state index contributed by atoms with van der Waals surface area (Å²) in [6.45, 7) is 2.18. The van der Waals surface area contributed by atoms with Crippen molar-refractivity contribution in [3.8, 4) is 0 Å². The summed E-state index contributed by atoms with van der Waals surface area (Å²) in [5, 5.41) is 71.5. The van der Waals surface area contributed by atoms with Gasteiger partial charge in [-0.2, -0.15) is 0 Å². The van der Waals surface area contributed by atoms with E-state index in [4.69, 9.17) is 28.4 Å². The lowest BCUT2D eigenvalue weighted by Gasteiger charge is -2.42. The summed E-state index contributed by atoms with van der Waals surface area (Å²) < 4.78 is 33.1. The number of ether oxygens (including phenoxy) is 6.